The van der Waals surface area contributed by atoms with Crippen LogP contribution >= 0.6 is 12.2 Å². The molecule has 30 heavy (non-hydrogen) atoms. The summed E-state index contributed by atoms with van der Waals surface area (Å²) in [7, 11) is 0. The number of anilines is 1. The van der Waals surface area contributed by atoms with E-state index in [2.05, 4.69) is 46.3 Å². The highest BCUT2D eigenvalue weighted by molar-refractivity contribution is 7.80. The first-order chi connectivity index (χ1) is 14.6. The highest BCUT2D eigenvalue weighted by atomic mass is 32.1. The van der Waals surface area contributed by atoms with Crippen LogP contribution in [0.1, 0.15) is 24.5 Å². The van der Waals surface area contributed by atoms with Crippen molar-refractivity contribution in [3.05, 3.63) is 59.7 Å². The predicted molar refractivity (Wildman–Crippen MR) is 127 cm³/mol. The Morgan fingerprint density at radius 2 is 1.80 bits per heavy atom. The van der Waals surface area contributed by atoms with E-state index in [0.29, 0.717) is 6.61 Å². The highest BCUT2D eigenvalue weighted by Crippen LogP contribution is 2.17. The van der Waals surface area contributed by atoms with Gasteiger partial charge in [0.1, 0.15) is 5.75 Å². The number of morpholine rings is 1. The molecular weight excluding hydrogens is 394 g/mol. The van der Waals surface area contributed by atoms with Gasteiger partial charge in [0.05, 0.1) is 19.8 Å². The Balaban J connectivity index is 1.60. The maximum Gasteiger partial charge on any atom is 0.173 e. The van der Waals surface area contributed by atoms with Gasteiger partial charge in [-0.25, -0.2) is 0 Å². The second-order valence-electron chi connectivity index (χ2n) is 7.60. The van der Waals surface area contributed by atoms with Crippen molar-refractivity contribution < 1.29 is 9.47 Å². The first kappa shape index (κ1) is 22.5. The Kier molecular flexibility index (Phi) is 8.93. The van der Waals surface area contributed by atoms with E-state index in [1.54, 1.807) is 0 Å². The van der Waals surface area contributed by atoms with Crippen molar-refractivity contribution >= 4 is 23.0 Å². The van der Waals surface area contributed by atoms with Crippen LogP contribution in [0.4, 0.5) is 5.69 Å². The minimum Gasteiger partial charge on any atom is -0.494 e. The number of nitrogens with zero attached hydrogens (tertiary/aromatic N) is 2. The molecule has 162 valence electrons. The fourth-order valence-electron chi connectivity index (χ4n) is 3.48. The van der Waals surface area contributed by atoms with Gasteiger partial charge in [-0.05, 0) is 62.3 Å². The smallest absolute Gasteiger partial charge is 0.173 e. The molecule has 5 nitrogen and oxygen atoms in total. The number of ether oxygens (including phenoxy) is 2. The third kappa shape index (κ3) is 7.27. The van der Waals surface area contributed by atoms with Crippen LogP contribution in [0.5, 0.6) is 5.75 Å². The summed E-state index contributed by atoms with van der Waals surface area (Å²) in [4.78, 5) is 4.73. The largest absolute Gasteiger partial charge is 0.494 e. The minimum atomic E-state index is 0.665. The molecule has 1 aliphatic heterocycles. The summed E-state index contributed by atoms with van der Waals surface area (Å²) in [5.41, 5.74) is 3.51. The number of thiocarbonyl (C=S) groups is 1. The zero-order chi connectivity index (χ0) is 21.2. The highest BCUT2D eigenvalue weighted by Gasteiger charge is 2.14. The summed E-state index contributed by atoms with van der Waals surface area (Å²) < 4.78 is 11.0. The van der Waals surface area contributed by atoms with Gasteiger partial charge in [-0.3, -0.25) is 4.90 Å². The monoisotopic (exact) mass is 427 g/mol. The van der Waals surface area contributed by atoms with Crippen LogP contribution in [-0.2, 0) is 11.3 Å². The van der Waals surface area contributed by atoms with Crippen LogP contribution in [0, 0.1) is 6.92 Å². The molecular formula is C24H33N3O2S. The van der Waals surface area contributed by atoms with E-state index >= 15 is 0 Å². The predicted octanol–water partition coefficient (Wildman–Crippen LogP) is 4.32. The Hall–Kier alpha value is -2.15. The average molecular weight is 428 g/mol. The molecule has 0 radical (unpaired) electrons. The maximum atomic E-state index is 5.79. The Bertz CT molecular complexity index is 774. The number of hydrogen-bond donors (Lipinski definition) is 1. The van der Waals surface area contributed by atoms with E-state index in [4.69, 9.17) is 21.7 Å². The van der Waals surface area contributed by atoms with Crippen LogP contribution in [0.3, 0.4) is 0 Å². The molecule has 1 saturated heterocycles. The van der Waals surface area contributed by atoms with Gasteiger partial charge in [0.15, 0.2) is 5.11 Å². The number of hydrogen-bond acceptors (Lipinski definition) is 4. The summed E-state index contributed by atoms with van der Waals surface area (Å²) in [6.07, 6.45) is 1.07. The first-order valence-corrected chi connectivity index (χ1v) is 11.2. The van der Waals surface area contributed by atoms with Crippen molar-refractivity contribution in [1.82, 2.24) is 9.80 Å². The molecule has 1 fully saturated rings. The second kappa shape index (κ2) is 11.9. The lowest BCUT2D eigenvalue weighted by Crippen LogP contribution is -2.40. The summed E-state index contributed by atoms with van der Waals surface area (Å²) in [5, 5.41) is 4.15. The van der Waals surface area contributed by atoms with Crippen molar-refractivity contribution in [2.75, 3.05) is 51.3 Å². The summed E-state index contributed by atoms with van der Waals surface area (Å²) in [6.45, 7) is 11.3. The number of rotatable bonds is 9. The van der Waals surface area contributed by atoms with Crippen molar-refractivity contribution in [1.29, 1.82) is 0 Å². The molecule has 2 aromatic rings. The third-order valence-corrected chi connectivity index (χ3v) is 5.56. The molecule has 3 rings (SSSR count). The Morgan fingerprint density at radius 3 is 2.47 bits per heavy atom. The van der Waals surface area contributed by atoms with Crippen LogP contribution < -0.4 is 10.1 Å². The quantitative estimate of drug-likeness (QED) is 0.601. The van der Waals surface area contributed by atoms with Gasteiger partial charge < -0.3 is 19.7 Å². The lowest BCUT2D eigenvalue weighted by molar-refractivity contribution is 0.0368. The van der Waals surface area contributed by atoms with E-state index < -0.39 is 0 Å². The van der Waals surface area contributed by atoms with Crippen LogP contribution in [-0.4, -0.2) is 60.9 Å². The lowest BCUT2D eigenvalue weighted by Gasteiger charge is -2.29. The molecule has 1 heterocycles. The van der Waals surface area contributed by atoms with Gasteiger partial charge in [0.2, 0.25) is 0 Å². The van der Waals surface area contributed by atoms with Crippen molar-refractivity contribution in [2.45, 2.75) is 26.8 Å². The molecule has 1 N–H and O–H groups in total. The van der Waals surface area contributed by atoms with E-state index in [-0.39, 0.29) is 0 Å². The first-order valence-electron chi connectivity index (χ1n) is 10.8. The average Bonchev–Trinajstić information content (AvgIpc) is 2.77. The van der Waals surface area contributed by atoms with Gasteiger partial charge in [0, 0.05) is 38.4 Å². The van der Waals surface area contributed by atoms with Gasteiger partial charge in [0.25, 0.3) is 0 Å². The summed E-state index contributed by atoms with van der Waals surface area (Å²) in [6, 6.07) is 16.6. The standard InChI is InChI=1S/C24H33N3O2S/c1-3-29-23-11-9-22(10-12-23)25-24(30)27(19-21-7-5-20(2)6-8-21)14-4-13-26-15-17-28-18-16-26/h5-12H,3-4,13-19H2,1-2H3,(H,25,30). The van der Waals surface area contributed by atoms with Crippen LogP contribution in [0.25, 0.3) is 0 Å². The molecule has 0 bridgehead atoms. The Morgan fingerprint density at radius 1 is 1.10 bits per heavy atom. The van der Waals surface area contributed by atoms with E-state index in [1.165, 1.54) is 11.1 Å². The second-order valence-corrected chi connectivity index (χ2v) is 7.99. The molecule has 6 heteroatoms. The van der Waals surface area contributed by atoms with E-state index in [9.17, 15) is 0 Å². The van der Waals surface area contributed by atoms with Crippen molar-refractivity contribution in [3.8, 4) is 5.75 Å². The normalized spacial score (nSPS) is 14.3. The zero-order valence-electron chi connectivity index (χ0n) is 18.1. The molecule has 0 aromatic heterocycles. The maximum absolute atomic E-state index is 5.79. The molecule has 1 aliphatic rings. The fourth-order valence-corrected chi connectivity index (χ4v) is 3.75. The van der Waals surface area contributed by atoms with Gasteiger partial charge in [-0.15, -0.1) is 0 Å². The zero-order valence-corrected chi connectivity index (χ0v) is 18.9. The third-order valence-electron chi connectivity index (χ3n) is 5.20. The molecule has 0 aliphatic carbocycles. The SMILES string of the molecule is CCOc1ccc(NC(=S)N(CCCN2CCOCC2)Cc2ccc(C)cc2)cc1. The van der Waals surface area contributed by atoms with Crippen molar-refractivity contribution in [2.24, 2.45) is 0 Å². The topological polar surface area (TPSA) is 37.0 Å². The molecule has 0 amide bonds. The number of aryl methyl sites for hydroxylation is 1. The van der Waals surface area contributed by atoms with E-state index in [0.717, 1.165) is 68.9 Å². The Labute approximate surface area is 186 Å². The molecule has 0 spiro atoms. The fraction of sp³-hybridized carbons (Fsp3) is 0.458. The van der Waals surface area contributed by atoms with Gasteiger partial charge >= 0.3 is 0 Å². The van der Waals surface area contributed by atoms with E-state index in [1.807, 2.05) is 31.2 Å². The summed E-state index contributed by atoms with van der Waals surface area (Å²) in [5.74, 6) is 0.871. The van der Waals surface area contributed by atoms with Gasteiger partial charge in [-0.1, -0.05) is 29.8 Å². The molecule has 2 aromatic carbocycles. The number of nitrogens with one attached hydrogen (secondary N) is 1. The van der Waals surface area contributed by atoms with Crippen LogP contribution in [0.15, 0.2) is 48.5 Å². The number of benzene rings is 2. The molecule has 0 unspecified atom stereocenters. The van der Waals surface area contributed by atoms with Crippen LogP contribution in [0.2, 0.25) is 0 Å². The summed E-state index contributed by atoms with van der Waals surface area (Å²) >= 11 is 5.79. The van der Waals surface area contributed by atoms with Crippen molar-refractivity contribution in [3.63, 3.8) is 0 Å². The van der Waals surface area contributed by atoms with Gasteiger partial charge in [-0.2, -0.15) is 0 Å². The molecule has 0 atom stereocenters. The molecule has 0 saturated carbocycles. The lowest BCUT2D eigenvalue weighted by atomic mass is 10.1. The minimum absolute atomic E-state index is 0.665.